The first-order valence-corrected chi connectivity index (χ1v) is 10.8. The van der Waals surface area contributed by atoms with E-state index in [1.807, 2.05) is 11.8 Å². The van der Waals surface area contributed by atoms with E-state index in [0.717, 1.165) is 37.1 Å². The second-order valence-corrected chi connectivity index (χ2v) is 9.35. The first-order chi connectivity index (χ1) is 14.4. The number of ether oxygens (including phenoxy) is 1. The second kappa shape index (κ2) is 8.43. The van der Waals surface area contributed by atoms with Crippen molar-refractivity contribution >= 4 is 38.4 Å². The van der Waals surface area contributed by atoms with E-state index in [-0.39, 0.29) is 36.2 Å². The molecule has 4 nitrogen and oxygen atoms in total. The first-order valence-electron chi connectivity index (χ1n) is 10.8. The third-order valence-electron chi connectivity index (χ3n) is 6.64. The minimum Gasteiger partial charge on any atom is -1.00 e. The fraction of sp³-hybridized carbons (Fsp3) is 0.346. The first kappa shape index (κ1) is 22.1. The molecular formula is C26H29IN2O2. The number of hydrogen-bond donors (Lipinski definition) is 0. The highest BCUT2D eigenvalue weighted by Crippen LogP contribution is 2.36. The summed E-state index contributed by atoms with van der Waals surface area (Å²) < 4.78 is 6.79. The standard InChI is InChI=1S/C26H29N2O2.HI/c1-18(30-26(29)27-13-15-28(2,3)16-14-27)17-22-10-9-21-8-7-19-5-4-6-20-11-12-23(22)25(21)24(19)20;/h4-12,18H,13-17H2,1-3H3;1H/q+1;/p-1/t18-;/m0./s1. The number of carbonyl (C=O) groups excluding carboxylic acids is 1. The lowest BCUT2D eigenvalue weighted by Gasteiger charge is -2.38. The van der Waals surface area contributed by atoms with Crippen molar-refractivity contribution in [2.24, 2.45) is 0 Å². The fourth-order valence-electron chi connectivity index (χ4n) is 4.76. The molecule has 1 atom stereocenters. The maximum Gasteiger partial charge on any atom is 0.410 e. The van der Waals surface area contributed by atoms with Crippen molar-refractivity contribution in [3.8, 4) is 0 Å². The van der Waals surface area contributed by atoms with E-state index in [0.29, 0.717) is 0 Å². The van der Waals surface area contributed by atoms with E-state index in [2.05, 4.69) is 68.7 Å². The van der Waals surface area contributed by atoms with Crippen LogP contribution in [0.1, 0.15) is 12.5 Å². The van der Waals surface area contributed by atoms with Crippen LogP contribution >= 0.6 is 0 Å². The van der Waals surface area contributed by atoms with Crippen molar-refractivity contribution in [3.63, 3.8) is 0 Å². The van der Waals surface area contributed by atoms with Gasteiger partial charge in [-0.3, -0.25) is 4.90 Å². The molecule has 0 unspecified atom stereocenters. The number of hydrogen-bond acceptors (Lipinski definition) is 2. The smallest absolute Gasteiger partial charge is 0.410 e. The topological polar surface area (TPSA) is 29.5 Å². The van der Waals surface area contributed by atoms with E-state index in [9.17, 15) is 4.79 Å². The summed E-state index contributed by atoms with van der Waals surface area (Å²) in [7, 11) is 4.42. The monoisotopic (exact) mass is 528 g/mol. The summed E-state index contributed by atoms with van der Waals surface area (Å²) in [5, 5.41) is 7.71. The number of benzene rings is 4. The zero-order valence-electron chi connectivity index (χ0n) is 18.4. The summed E-state index contributed by atoms with van der Waals surface area (Å²) in [6.45, 7) is 5.46. The fourth-order valence-corrected chi connectivity index (χ4v) is 4.76. The molecule has 0 saturated carbocycles. The SMILES string of the molecule is C[C@@H](Cc1ccc2ccc3cccc4ccc1c2c34)OC(=O)N1CC[N+](C)(C)CC1.[I-]. The van der Waals surface area contributed by atoms with Gasteiger partial charge in [0.15, 0.2) is 0 Å². The van der Waals surface area contributed by atoms with E-state index >= 15 is 0 Å². The highest BCUT2D eigenvalue weighted by molar-refractivity contribution is 6.23. The Morgan fingerprint density at radius 3 is 2.19 bits per heavy atom. The molecule has 0 radical (unpaired) electrons. The third-order valence-corrected chi connectivity index (χ3v) is 6.64. The molecule has 0 aromatic heterocycles. The minimum atomic E-state index is -0.181. The van der Waals surface area contributed by atoms with Gasteiger partial charge in [0.2, 0.25) is 0 Å². The largest absolute Gasteiger partial charge is 1.00 e. The maximum absolute atomic E-state index is 12.6. The van der Waals surface area contributed by atoms with Gasteiger partial charge in [-0.2, -0.15) is 0 Å². The van der Waals surface area contributed by atoms with Crippen LogP contribution in [0.2, 0.25) is 0 Å². The van der Waals surface area contributed by atoms with Crippen LogP contribution in [0.15, 0.2) is 54.6 Å². The summed E-state index contributed by atoms with van der Waals surface area (Å²) in [6.07, 6.45) is 0.371. The Morgan fingerprint density at radius 2 is 1.52 bits per heavy atom. The van der Waals surface area contributed by atoms with Gasteiger partial charge in [-0.25, -0.2) is 4.79 Å². The van der Waals surface area contributed by atoms with E-state index in [1.54, 1.807) is 0 Å². The van der Waals surface area contributed by atoms with Crippen LogP contribution in [0.4, 0.5) is 4.79 Å². The van der Waals surface area contributed by atoms with Crippen LogP contribution in [-0.2, 0) is 11.2 Å². The van der Waals surface area contributed by atoms with Gasteiger partial charge in [-0.1, -0.05) is 54.6 Å². The lowest BCUT2D eigenvalue weighted by Crippen LogP contribution is -3.00. The molecule has 4 aromatic carbocycles. The molecule has 0 bridgehead atoms. The van der Waals surface area contributed by atoms with Crippen molar-refractivity contribution in [2.45, 2.75) is 19.4 Å². The van der Waals surface area contributed by atoms with Gasteiger partial charge in [0.1, 0.15) is 6.10 Å². The summed E-state index contributed by atoms with van der Waals surface area (Å²) in [6, 6.07) is 19.7. The van der Waals surface area contributed by atoms with Crippen molar-refractivity contribution in [1.29, 1.82) is 0 Å². The molecule has 0 aliphatic carbocycles. The van der Waals surface area contributed by atoms with Crippen LogP contribution in [0, 0.1) is 0 Å². The molecular weight excluding hydrogens is 499 g/mol. The van der Waals surface area contributed by atoms with Crippen LogP contribution in [0.5, 0.6) is 0 Å². The van der Waals surface area contributed by atoms with Gasteiger partial charge in [0.05, 0.1) is 40.3 Å². The quantitative estimate of drug-likeness (QED) is 0.232. The Balaban J connectivity index is 0.00000231. The average Bonchev–Trinajstić information content (AvgIpc) is 2.73. The molecule has 5 heteroatoms. The van der Waals surface area contributed by atoms with Gasteiger partial charge in [0.25, 0.3) is 0 Å². The Bertz CT molecular complexity index is 1210. The zero-order valence-corrected chi connectivity index (χ0v) is 20.6. The molecule has 31 heavy (non-hydrogen) atoms. The summed E-state index contributed by atoms with van der Waals surface area (Å²) in [5.41, 5.74) is 1.23. The number of likely N-dealkylation sites (N-methyl/N-ethyl adjacent to an activating group) is 1. The third kappa shape index (κ3) is 4.17. The number of carbonyl (C=O) groups is 1. The van der Waals surface area contributed by atoms with Crippen molar-refractivity contribution in [1.82, 2.24) is 4.90 Å². The Hall–Kier alpha value is -2.12. The number of amides is 1. The van der Waals surface area contributed by atoms with Crippen molar-refractivity contribution in [3.05, 3.63) is 60.2 Å². The van der Waals surface area contributed by atoms with Gasteiger partial charge in [-0.05, 0) is 44.8 Å². The molecule has 0 N–H and O–H groups in total. The normalized spacial score (nSPS) is 17.1. The second-order valence-electron chi connectivity index (χ2n) is 9.35. The number of piperazine rings is 1. The predicted molar refractivity (Wildman–Crippen MR) is 123 cm³/mol. The number of halogens is 1. The summed E-state index contributed by atoms with van der Waals surface area (Å²) >= 11 is 0. The highest BCUT2D eigenvalue weighted by Gasteiger charge is 2.29. The molecule has 1 amide bonds. The molecule has 1 aliphatic rings. The molecule has 1 aliphatic heterocycles. The Kier molecular flexibility index (Phi) is 6.01. The summed E-state index contributed by atoms with van der Waals surface area (Å²) in [5.74, 6) is 0. The van der Waals surface area contributed by atoms with E-state index in [1.165, 1.54) is 37.9 Å². The van der Waals surface area contributed by atoms with Gasteiger partial charge in [0, 0.05) is 6.42 Å². The molecule has 162 valence electrons. The summed E-state index contributed by atoms with van der Waals surface area (Å²) in [4.78, 5) is 14.5. The number of rotatable bonds is 3. The van der Waals surface area contributed by atoms with Crippen LogP contribution in [0.25, 0.3) is 32.3 Å². The average molecular weight is 528 g/mol. The number of nitrogens with zero attached hydrogens (tertiary/aromatic N) is 2. The minimum absolute atomic E-state index is 0. The molecule has 1 saturated heterocycles. The van der Waals surface area contributed by atoms with Gasteiger partial charge in [-0.15, -0.1) is 0 Å². The Morgan fingerprint density at radius 1 is 0.935 bits per heavy atom. The lowest BCUT2D eigenvalue weighted by molar-refractivity contribution is -0.894. The van der Waals surface area contributed by atoms with Crippen LogP contribution in [0.3, 0.4) is 0 Å². The highest BCUT2D eigenvalue weighted by atomic mass is 127. The Labute approximate surface area is 200 Å². The van der Waals surface area contributed by atoms with E-state index < -0.39 is 0 Å². The molecule has 1 fully saturated rings. The van der Waals surface area contributed by atoms with Gasteiger partial charge >= 0.3 is 6.09 Å². The van der Waals surface area contributed by atoms with Crippen molar-refractivity contribution < 1.29 is 38.0 Å². The maximum atomic E-state index is 12.6. The van der Waals surface area contributed by atoms with Gasteiger partial charge < -0.3 is 33.2 Å². The molecule has 0 spiro atoms. The lowest BCUT2D eigenvalue weighted by atomic mass is 9.90. The van der Waals surface area contributed by atoms with Crippen LogP contribution < -0.4 is 24.0 Å². The molecule has 4 aromatic rings. The predicted octanol–water partition coefficient (Wildman–Crippen LogP) is 2.05. The van der Waals surface area contributed by atoms with Crippen molar-refractivity contribution in [2.75, 3.05) is 40.3 Å². The van der Waals surface area contributed by atoms with E-state index in [4.69, 9.17) is 4.74 Å². The molecule has 5 rings (SSSR count). The zero-order chi connectivity index (χ0) is 20.9. The number of quaternary nitrogens is 1. The van der Waals surface area contributed by atoms with Crippen LogP contribution in [-0.4, -0.2) is 61.9 Å². The molecule has 1 heterocycles.